The standard InChI is InChI=1S/C14H18N6O3S2/c15-25(22,23)9-11-3-1-10(2-4-11)7-16-13(21)8-24-14-17-18-19-20(14)12-5-6-12/h1-4,12H,5-9H2,(H,16,21)(H2,15,22,23). The van der Waals surface area contributed by atoms with Crippen LogP contribution in [0.15, 0.2) is 29.4 Å². The number of nitrogens with zero attached hydrogens (tertiary/aromatic N) is 4. The lowest BCUT2D eigenvalue weighted by Crippen LogP contribution is -2.24. The number of rotatable bonds is 8. The van der Waals surface area contributed by atoms with E-state index in [4.69, 9.17) is 5.14 Å². The summed E-state index contributed by atoms with van der Waals surface area (Å²) in [6.45, 7) is 0.364. The molecule has 3 rings (SSSR count). The van der Waals surface area contributed by atoms with Gasteiger partial charge in [-0.3, -0.25) is 4.79 Å². The number of benzene rings is 1. The second kappa shape index (κ2) is 7.50. The first-order valence-electron chi connectivity index (χ1n) is 7.66. The van der Waals surface area contributed by atoms with Crippen molar-refractivity contribution in [3.05, 3.63) is 35.4 Å². The predicted molar refractivity (Wildman–Crippen MR) is 91.9 cm³/mol. The summed E-state index contributed by atoms with van der Waals surface area (Å²) in [6, 6.07) is 7.27. The first-order valence-corrected chi connectivity index (χ1v) is 10.4. The van der Waals surface area contributed by atoms with Gasteiger partial charge < -0.3 is 5.32 Å². The van der Waals surface area contributed by atoms with Crippen molar-refractivity contribution in [3.63, 3.8) is 0 Å². The van der Waals surface area contributed by atoms with Gasteiger partial charge in [0.05, 0.1) is 17.5 Å². The minimum Gasteiger partial charge on any atom is -0.351 e. The van der Waals surface area contributed by atoms with E-state index < -0.39 is 10.0 Å². The summed E-state index contributed by atoms with van der Waals surface area (Å²) in [5.41, 5.74) is 1.49. The third-order valence-electron chi connectivity index (χ3n) is 3.57. The van der Waals surface area contributed by atoms with Crippen LogP contribution in [0.4, 0.5) is 0 Å². The number of aromatic nitrogens is 4. The van der Waals surface area contributed by atoms with Gasteiger partial charge in [0.2, 0.25) is 21.1 Å². The molecule has 11 heteroatoms. The van der Waals surface area contributed by atoms with Crippen molar-refractivity contribution in [2.75, 3.05) is 5.75 Å². The number of tetrazole rings is 1. The number of hydrogen-bond acceptors (Lipinski definition) is 7. The van der Waals surface area contributed by atoms with Crippen LogP contribution in [0.25, 0.3) is 0 Å². The Kier molecular flexibility index (Phi) is 5.35. The summed E-state index contributed by atoms with van der Waals surface area (Å²) < 4.78 is 23.9. The van der Waals surface area contributed by atoms with Crippen LogP contribution in [0.3, 0.4) is 0 Å². The number of amides is 1. The van der Waals surface area contributed by atoms with E-state index in [-0.39, 0.29) is 17.4 Å². The summed E-state index contributed by atoms with van der Waals surface area (Å²) in [5, 5.41) is 20.0. The molecule has 0 radical (unpaired) electrons. The molecule has 9 nitrogen and oxygen atoms in total. The molecular formula is C14H18N6O3S2. The van der Waals surface area contributed by atoms with Gasteiger partial charge in [0.25, 0.3) is 0 Å². The molecule has 0 bridgehead atoms. The number of carbonyl (C=O) groups excluding carboxylic acids is 1. The minimum absolute atomic E-state index is 0.121. The number of hydrogen-bond donors (Lipinski definition) is 2. The van der Waals surface area contributed by atoms with Crippen LogP contribution in [0.2, 0.25) is 0 Å². The minimum atomic E-state index is -3.54. The fourth-order valence-electron chi connectivity index (χ4n) is 2.20. The van der Waals surface area contributed by atoms with Crippen molar-refractivity contribution in [2.24, 2.45) is 5.14 Å². The normalized spacial score (nSPS) is 14.4. The molecule has 1 aromatic carbocycles. The Labute approximate surface area is 149 Å². The Morgan fingerprint density at radius 1 is 1.28 bits per heavy atom. The van der Waals surface area contributed by atoms with Crippen molar-refractivity contribution in [3.8, 4) is 0 Å². The van der Waals surface area contributed by atoms with Gasteiger partial charge in [0.1, 0.15) is 0 Å². The van der Waals surface area contributed by atoms with Crippen LogP contribution in [0, 0.1) is 0 Å². The number of nitrogens with one attached hydrogen (secondary N) is 1. The highest BCUT2D eigenvalue weighted by Crippen LogP contribution is 2.36. The van der Waals surface area contributed by atoms with E-state index in [2.05, 4.69) is 20.8 Å². The Morgan fingerprint density at radius 3 is 2.60 bits per heavy atom. The molecule has 0 atom stereocenters. The van der Waals surface area contributed by atoms with E-state index in [0.717, 1.165) is 18.4 Å². The van der Waals surface area contributed by atoms with Gasteiger partial charge in [0.15, 0.2) is 0 Å². The van der Waals surface area contributed by atoms with Crippen molar-refractivity contribution < 1.29 is 13.2 Å². The zero-order chi connectivity index (χ0) is 17.9. The molecule has 1 aromatic heterocycles. The quantitative estimate of drug-likeness (QED) is 0.623. The molecule has 1 fully saturated rings. The smallest absolute Gasteiger partial charge is 0.230 e. The molecule has 1 saturated carbocycles. The topological polar surface area (TPSA) is 133 Å². The summed E-state index contributed by atoms with van der Waals surface area (Å²) in [5.74, 6) is -0.0910. The van der Waals surface area contributed by atoms with Crippen LogP contribution in [-0.2, 0) is 27.1 Å². The van der Waals surface area contributed by atoms with E-state index in [1.807, 2.05) is 0 Å². The first-order chi connectivity index (χ1) is 11.9. The molecule has 1 heterocycles. The number of carbonyl (C=O) groups is 1. The van der Waals surface area contributed by atoms with Gasteiger partial charge in [-0.1, -0.05) is 36.0 Å². The van der Waals surface area contributed by atoms with Crippen molar-refractivity contribution in [2.45, 2.75) is 36.3 Å². The maximum atomic E-state index is 12.0. The second-order valence-electron chi connectivity index (χ2n) is 5.83. The summed E-state index contributed by atoms with van der Waals surface area (Å²) in [6.07, 6.45) is 2.15. The molecule has 1 aliphatic rings. The fourth-order valence-corrected chi connectivity index (χ4v) is 3.63. The lowest BCUT2D eigenvalue weighted by atomic mass is 10.1. The van der Waals surface area contributed by atoms with Crippen molar-refractivity contribution in [1.82, 2.24) is 25.5 Å². The lowest BCUT2D eigenvalue weighted by Gasteiger charge is -2.06. The van der Waals surface area contributed by atoms with Gasteiger partial charge in [-0.15, -0.1) is 5.10 Å². The lowest BCUT2D eigenvalue weighted by molar-refractivity contribution is -0.118. The average molecular weight is 382 g/mol. The van der Waals surface area contributed by atoms with Gasteiger partial charge in [-0.25, -0.2) is 18.2 Å². The molecule has 0 aliphatic heterocycles. The third-order valence-corrected chi connectivity index (χ3v) is 5.24. The molecule has 0 spiro atoms. The van der Waals surface area contributed by atoms with Gasteiger partial charge in [0, 0.05) is 6.54 Å². The molecule has 3 N–H and O–H groups in total. The monoisotopic (exact) mass is 382 g/mol. The number of primary sulfonamides is 1. The van der Waals surface area contributed by atoms with Crippen LogP contribution in [-0.4, -0.2) is 40.3 Å². The summed E-state index contributed by atoms with van der Waals surface area (Å²) in [7, 11) is -3.54. The maximum Gasteiger partial charge on any atom is 0.230 e. The van der Waals surface area contributed by atoms with Crippen LogP contribution < -0.4 is 10.5 Å². The Hall–Kier alpha value is -1.98. The number of sulfonamides is 1. The van der Waals surface area contributed by atoms with E-state index in [1.165, 1.54) is 11.8 Å². The van der Waals surface area contributed by atoms with E-state index in [0.29, 0.717) is 23.3 Å². The second-order valence-corrected chi connectivity index (χ2v) is 8.38. The fraction of sp³-hybridized carbons (Fsp3) is 0.429. The summed E-state index contributed by atoms with van der Waals surface area (Å²) >= 11 is 1.31. The molecule has 134 valence electrons. The predicted octanol–water partition coefficient (Wildman–Crippen LogP) is 0.205. The highest BCUT2D eigenvalue weighted by atomic mass is 32.2. The first kappa shape index (κ1) is 17.8. The molecular weight excluding hydrogens is 364 g/mol. The van der Waals surface area contributed by atoms with E-state index >= 15 is 0 Å². The van der Waals surface area contributed by atoms with E-state index in [9.17, 15) is 13.2 Å². The zero-order valence-electron chi connectivity index (χ0n) is 13.3. The number of nitrogens with two attached hydrogens (primary N) is 1. The van der Waals surface area contributed by atoms with Crippen LogP contribution in [0.5, 0.6) is 0 Å². The Balaban J connectivity index is 1.45. The largest absolute Gasteiger partial charge is 0.351 e. The zero-order valence-corrected chi connectivity index (χ0v) is 15.0. The molecule has 1 aliphatic carbocycles. The Bertz CT molecular complexity index is 846. The molecule has 0 saturated heterocycles. The van der Waals surface area contributed by atoms with Gasteiger partial charge >= 0.3 is 0 Å². The van der Waals surface area contributed by atoms with Gasteiger partial charge in [-0.2, -0.15) is 0 Å². The molecule has 2 aromatic rings. The third kappa shape index (κ3) is 5.51. The highest BCUT2D eigenvalue weighted by molar-refractivity contribution is 7.99. The molecule has 0 unspecified atom stereocenters. The van der Waals surface area contributed by atoms with Crippen LogP contribution >= 0.6 is 11.8 Å². The van der Waals surface area contributed by atoms with E-state index in [1.54, 1.807) is 28.9 Å². The molecule has 25 heavy (non-hydrogen) atoms. The Morgan fingerprint density at radius 2 is 1.96 bits per heavy atom. The number of thioether (sulfide) groups is 1. The maximum absolute atomic E-state index is 12.0. The van der Waals surface area contributed by atoms with Crippen molar-refractivity contribution in [1.29, 1.82) is 0 Å². The molecule has 1 amide bonds. The SMILES string of the molecule is NS(=O)(=O)Cc1ccc(CNC(=O)CSc2nnnn2C2CC2)cc1. The highest BCUT2D eigenvalue weighted by Gasteiger charge is 2.28. The van der Waals surface area contributed by atoms with Crippen LogP contribution in [0.1, 0.15) is 30.0 Å². The summed E-state index contributed by atoms with van der Waals surface area (Å²) in [4.78, 5) is 12.0. The average Bonchev–Trinajstić information content (AvgIpc) is 3.29. The van der Waals surface area contributed by atoms with Gasteiger partial charge in [-0.05, 0) is 34.4 Å². The van der Waals surface area contributed by atoms with Crippen molar-refractivity contribution >= 4 is 27.7 Å².